The smallest absolute Gasteiger partial charge is 0.331 e. The van der Waals surface area contributed by atoms with Crippen molar-refractivity contribution in [2.45, 2.75) is 77.7 Å². The van der Waals surface area contributed by atoms with Crippen molar-refractivity contribution in [2.24, 2.45) is 5.41 Å². The molecule has 1 aliphatic rings. The van der Waals surface area contributed by atoms with Gasteiger partial charge in [-0.05, 0) is 77.3 Å². The Morgan fingerprint density at radius 1 is 0.745 bits per heavy atom. The van der Waals surface area contributed by atoms with E-state index in [0.717, 1.165) is 67.6 Å². The van der Waals surface area contributed by atoms with Gasteiger partial charge in [-0.1, -0.05) is 142 Å². The van der Waals surface area contributed by atoms with Crippen molar-refractivity contribution in [3.63, 3.8) is 0 Å². The van der Waals surface area contributed by atoms with E-state index in [9.17, 15) is 9.90 Å². The summed E-state index contributed by atoms with van der Waals surface area (Å²) in [5.41, 5.74) is 8.02. The molecule has 0 aliphatic heterocycles. The van der Waals surface area contributed by atoms with Crippen molar-refractivity contribution >= 4 is 11.5 Å². The predicted molar refractivity (Wildman–Crippen MR) is 191 cm³/mol. The van der Waals surface area contributed by atoms with Crippen LogP contribution in [0, 0.1) is 5.41 Å². The van der Waals surface area contributed by atoms with E-state index < -0.39 is 11.5 Å². The first-order chi connectivity index (χ1) is 22.8. The van der Waals surface area contributed by atoms with E-state index in [4.69, 9.17) is 4.98 Å². The third-order valence-electron chi connectivity index (χ3n) is 10.0. The van der Waals surface area contributed by atoms with Crippen LogP contribution in [0.1, 0.15) is 92.2 Å². The first-order valence-electron chi connectivity index (χ1n) is 17.1. The van der Waals surface area contributed by atoms with Crippen LogP contribution in [-0.2, 0) is 29.6 Å². The molecule has 4 heteroatoms. The van der Waals surface area contributed by atoms with Gasteiger partial charge in [-0.3, -0.25) is 0 Å². The molecule has 4 aromatic carbocycles. The topological polar surface area (TPSA) is 55.1 Å². The minimum atomic E-state index is -0.781. The number of rotatable bonds is 12. The Kier molecular flexibility index (Phi) is 9.58. The number of aromatic nitrogens is 2. The number of carboxylic acids is 1. The molecule has 1 aromatic heterocycles. The summed E-state index contributed by atoms with van der Waals surface area (Å²) in [5.74, 6) is 0.270. The van der Waals surface area contributed by atoms with Gasteiger partial charge in [0.15, 0.2) is 0 Å². The summed E-state index contributed by atoms with van der Waals surface area (Å²) in [6.07, 6.45) is 9.34. The summed E-state index contributed by atoms with van der Waals surface area (Å²) in [6.45, 7) is 6.90. The Labute approximate surface area is 279 Å². The van der Waals surface area contributed by atoms with Crippen LogP contribution in [0.4, 0.5) is 0 Å². The van der Waals surface area contributed by atoms with Gasteiger partial charge in [-0.15, -0.1) is 0 Å². The molecule has 1 heterocycles. The van der Waals surface area contributed by atoms with Gasteiger partial charge in [0.05, 0.1) is 5.69 Å². The molecule has 0 unspecified atom stereocenters. The van der Waals surface area contributed by atoms with Crippen molar-refractivity contribution in [2.75, 3.05) is 0 Å². The van der Waals surface area contributed by atoms with Gasteiger partial charge < -0.3 is 9.67 Å². The quantitative estimate of drug-likeness (QED) is 0.141. The number of imidazole rings is 1. The maximum absolute atomic E-state index is 11.9. The van der Waals surface area contributed by atoms with Gasteiger partial charge in [0.1, 0.15) is 11.4 Å². The number of aryl methyl sites for hydroxylation is 2. The molecule has 240 valence electrons. The van der Waals surface area contributed by atoms with E-state index in [0.29, 0.717) is 12.0 Å². The van der Waals surface area contributed by atoms with E-state index in [1.165, 1.54) is 22.3 Å². The van der Waals surface area contributed by atoms with E-state index in [2.05, 4.69) is 147 Å². The molecule has 0 atom stereocenters. The highest BCUT2D eigenvalue weighted by atomic mass is 16.4. The molecule has 0 saturated heterocycles. The third-order valence-corrected chi connectivity index (χ3v) is 10.0. The second-order valence-electron chi connectivity index (χ2n) is 13.7. The Balaban J connectivity index is 1.46. The van der Waals surface area contributed by atoms with Gasteiger partial charge in [-0.2, -0.15) is 0 Å². The lowest BCUT2D eigenvalue weighted by Crippen LogP contribution is -2.38. The van der Waals surface area contributed by atoms with Crippen LogP contribution < -0.4 is 0 Å². The van der Waals surface area contributed by atoms with Crippen molar-refractivity contribution in [3.05, 3.63) is 166 Å². The van der Waals surface area contributed by atoms with Crippen LogP contribution in [0.25, 0.3) is 5.57 Å². The summed E-state index contributed by atoms with van der Waals surface area (Å²) in [7, 11) is 0. The van der Waals surface area contributed by atoms with Crippen LogP contribution in [0.2, 0.25) is 0 Å². The highest BCUT2D eigenvalue weighted by Gasteiger charge is 2.40. The Hall–Kier alpha value is -4.70. The number of hydrogen-bond acceptors (Lipinski definition) is 2. The van der Waals surface area contributed by atoms with Crippen LogP contribution in [0.15, 0.2) is 127 Å². The lowest BCUT2D eigenvalue weighted by Gasteiger charge is -2.38. The van der Waals surface area contributed by atoms with Crippen molar-refractivity contribution < 1.29 is 9.90 Å². The molecular formula is C43H46N2O2. The molecule has 0 fully saturated rings. The average molecular weight is 623 g/mol. The highest BCUT2D eigenvalue weighted by Crippen LogP contribution is 2.42. The number of benzene rings is 4. The number of allylic oxidation sites excluding steroid dienone is 1. The lowest BCUT2D eigenvalue weighted by molar-refractivity contribution is -0.132. The van der Waals surface area contributed by atoms with Gasteiger partial charge >= 0.3 is 5.97 Å². The van der Waals surface area contributed by atoms with Gasteiger partial charge in [0.2, 0.25) is 0 Å². The van der Waals surface area contributed by atoms with Crippen molar-refractivity contribution in [3.8, 4) is 0 Å². The van der Waals surface area contributed by atoms with Crippen molar-refractivity contribution in [1.82, 2.24) is 9.55 Å². The molecule has 0 bridgehead atoms. The normalized spacial score (nSPS) is 13.9. The van der Waals surface area contributed by atoms with E-state index in [-0.39, 0.29) is 5.41 Å². The average Bonchev–Trinajstić information content (AvgIpc) is 3.51. The Morgan fingerprint density at radius 3 is 1.79 bits per heavy atom. The number of aliphatic carboxylic acids is 1. The summed E-state index contributed by atoms with van der Waals surface area (Å²) >= 11 is 0. The Bertz CT molecular complexity index is 1720. The van der Waals surface area contributed by atoms with Crippen LogP contribution >= 0.6 is 0 Å². The molecule has 47 heavy (non-hydrogen) atoms. The monoisotopic (exact) mass is 622 g/mol. The number of hydrogen-bond donors (Lipinski definition) is 1. The van der Waals surface area contributed by atoms with Crippen LogP contribution in [0.5, 0.6) is 0 Å². The van der Waals surface area contributed by atoms with Crippen molar-refractivity contribution in [1.29, 1.82) is 0 Å². The maximum Gasteiger partial charge on any atom is 0.331 e. The maximum atomic E-state index is 11.9. The Morgan fingerprint density at radius 2 is 1.28 bits per heavy atom. The zero-order chi connectivity index (χ0) is 32.9. The summed E-state index contributed by atoms with van der Waals surface area (Å²) in [5, 5.41) is 9.79. The molecule has 5 aromatic rings. The predicted octanol–water partition coefficient (Wildman–Crippen LogP) is 9.90. The largest absolute Gasteiger partial charge is 0.478 e. The summed E-state index contributed by atoms with van der Waals surface area (Å²) < 4.78 is 2.45. The highest BCUT2D eigenvalue weighted by molar-refractivity contribution is 5.96. The SMILES string of the molecule is CCC(C)(C)Cc1cn(C(c2ccccc2)(c2ccccc2)c2ccccc2)c(CCc2ccc(C3=C(C(=O)O)CCCC3)cc2)n1. The third kappa shape index (κ3) is 6.74. The molecule has 6 rings (SSSR count). The van der Waals surface area contributed by atoms with Gasteiger partial charge in [0, 0.05) is 18.2 Å². The summed E-state index contributed by atoms with van der Waals surface area (Å²) in [4.78, 5) is 17.3. The van der Waals surface area contributed by atoms with Gasteiger partial charge in [0.25, 0.3) is 0 Å². The molecule has 1 aliphatic carbocycles. The fourth-order valence-electron chi connectivity index (χ4n) is 7.18. The number of carbonyl (C=O) groups is 1. The van der Waals surface area contributed by atoms with E-state index >= 15 is 0 Å². The first-order valence-corrected chi connectivity index (χ1v) is 17.1. The fraction of sp³-hybridized carbons (Fsp3) is 0.302. The molecule has 1 N–H and O–H groups in total. The molecule has 0 amide bonds. The van der Waals surface area contributed by atoms with Gasteiger partial charge in [-0.25, -0.2) is 9.78 Å². The number of nitrogens with zero attached hydrogens (tertiary/aromatic N) is 2. The first kappa shape index (κ1) is 32.2. The number of carboxylic acid groups (broad SMARTS) is 1. The fourth-order valence-corrected chi connectivity index (χ4v) is 7.18. The molecular weight excluding hydrogens is 576 g/mol. The molecule has 0 radical (unpaired) electrons. The minimum Gasteiger partial charge on any atom is -0.478 e. The molecule has 0 spiro atoms. The molecule has 4 nitrogen and oxygen atoms in total. The zero-order valence-corrected chi connectivity index (χ0v) is 28.0. The van der Waals surface area contributed by atoms with Crippen LogP contribution in [-0.4, -0.2) is 20.6 Å². The lowest BCUT2D eigenvalue weighted by atomic mass is 9.76. The standard InChI is InChI=1S/C43H46N2O2/c1-4-42(2,3)30-37-31-45(40(44-37)29-26-32-24-27-33(28-25-32)38-22-14-15-23-39(38)41(46)47)43(34-16-8-5-9-17-34,35-18-10-6-11-19-35)36-20-12-7-13-21-36/h5-13,16-21,24-25,27-28,31H,4,14-15,22-23,26,29-30H2,1-3H3,(H,46,47). The summed E-state index contributed by atoms with van der Waals surface area (Å²) in [6, 6.07) is 41.0. The second kappa shape index (κ2) is 14.0. The molecule has 0 saturated carbocycles. The minimum absolute atomic E-state index is 0.129. The van der Waals surface area contributed by atoms with E-state index in [1.54, 1.807) is 0 Å². The van der Waals surface area contributed by atoms with E-state index in [1.807, 2.05) is 0 Å². The second-order valence-corrected chi connectivity index (χ2v) is 13.7. The van der Waals surface area contributed by atoms with Crippen LogP contribution in [0.3, 0.4) is 0 Å². The zero-order valence-electron chi connectivity index (χ0n) is 28.0.